The first-order valence-corrected chi connectivity index (χ1v) is 11.2. The van der Waals surface area contributed by atoms with E-state index in [1.165, 1.54) is 86.8 Å². The molecule has 0 bridgehead atoms. The lowest BCUT2D eigenvalue weighted by atomic mass is 9.80. The number of benzene rings is 1. The van der Waals surface area contributed by atoms with Gasteiger partial charge in [-0.25, -0.2) is 0 Å². The number of anilines is 1. The summed E-state index contributed by atoms with van der Waals surface area (Å²) in [5.41, 5.74) is 1.49. The molecule has 0 radical (unpaired) electrons. The molecule has 2 atom stereocenters. The highest BCUT2D eigenvalue weighted by Gasteiger charge is 2.43. The number of hydrogen-bond donors (Lipinski definition) is 0. The van der Waals surface area contributed by atoms with E-state index in [4.69, 9.17) is 0 Å². The minimum absolute atomic E-state index is 0.755. The van der Waals surface area contributed by atoms with Crippen LogP contribution in [0.3, 0.4) is 0 Å². The molecule has 134 valence electrons. The molecule has 1 aliphatic heterocycles. The summed E-state index contributed by atoms with van der Waals surface area (Å²) in [4.78, 5) is 5.58. The maximum absolute atomic E-state index is 2.84. The van der Waals surface area contributed by atoms with Crippen LogP contribution in [0.4, 0.5) is 5.69 Å². The molecule has 1 saturated heterocycles. The summed E-state index contributed by atoms with van der Waals surface area (Å²) >= 11 is 1.87. The highest BCUT2D eigenvalue weighted by molar-refractivity contribution is 7.17. The minimum atomic E-state index is 0.755. The number of piperazine rings is 1. The topological polar surface area (TPSA) is 6.48 Å². The number of rotatable bonds is 4. The van der Waals surface area contributed by atoms with E-state index in [9.17, 15) is 0 Å². The van der Waals surface area contributed by atoms with Gasteiger partial charge in [-0.1, -0.05) is 38.2 Å². The zero-order valence-electron chi connectivity index (χ0n) is 15.2. The zero-order chi connectivity index (χ0) is 16.6. The normalized spacial score (nSPS) is 28.1. The Bertz CT molecular complexity index is 718. The lowest BCUT2D eigenvalue weighted by molar-refractivity contribution is 0.0656. The molecule has 1 aromatic carbocycles. The molecule has 2 aromatic rings. The molecular weight excluding hydrogens is 324 g/mol. The molecule has 0 amide bonds. The van der Waals surface area contributed by atoms with Gasteiger partial charge in [0.15, 0.2) is 0 Å². The first kappa shape index (κ1) is 16.1. The van der Waals surface area contributed by atoms with Crippen molar-refractivity contribution in [1.82, 2.24) is 4.90 Å². The predicted octanol–water partition coefficient (Wildman–Crippen LogP) is 5.52. The average Bonchev–Trinajstić information content (AvgIpc) is 3.10. The van der Waals surface area contributed by atoms with Crippen LogP contribution in [0.15, 0.2) is 29.6 Å². The third kappa shape index (κ3) is 3.00. The van der Waals surface area contributed by atoms with Crippen LogP contribution < -0.4 is 4.90 Å². The molecule has 3 heteroatoms. The van der Waals surface area contributed by atoms with E-state index in [1.54, 1.807) is 0 Å². The van der Waals surface area contributed by atoms with Gasteiger partial charge in [-0.05, 0) is 55.3 Å². The van der Waals surface area contributed by atoms with E-state index >= 15 is 0 Å². The summed E-state index contributed by atoms with van der Waals surface area (Å²) < 4.78 is 1.44. The first-order valence-electron chi connectivity index (χ1n) is 10.4. The van der Waals surface area contributed by atoms with Gasteiger partial charge in [-0.3, -0.25) is 4.90 Å². The van der Waals surface area contributed by atoms with Crippen molar-refractivity contribution >= 4 is 27.1 Å². The van der Waals surface area contributed by atoms with Gasteiger partial charge in [-0.15, -0.1) is 11.3 Å². The van der Waals surface area contributed by atoms with Crippen molar-refractivity contribution in [3.63, 3.8) is 0 Å². The van der Waals surface area contributed by atoms with Gasteiger partial charge < -0.3 is 4.90 Å². The number of nitrogens with zero attached hydrogens (tertiary/aromatic N) is 2. The molecule has 0 N–H and O–H groups in total. The third-order valence-corrected chi connectivity index (χ3v) is 7.91. The fourth-order valence-corrected chi connectivity index (χ4v) is 6.26. The second-order valence-electron chi connectivity index (χ2n) is 8.34. The van der Waals surface area contributed by atoms with Gasteiger partial charge in [0.25, 0.3) is 0 Å². The first-order chi connectivity index (χ1) is 12.4. The molecule has 2 unspecified atom stereocenters. The number of fused-ring (bicyclic) bond motifs is 2. The Morgan fingerprint density at radius 1 is 0.920 bits per heavy atom. The number of hydrogen-bond acceptors (Lipinski definition) is 3. The van der Waals surface area contributed by atoms with E-state index < -0.39 is 0 Å². The largest absolute Gasteiger partial charge is 0.365 e. The molecule has 2 saturated carbocycles. The van der Waals surface area contributed by atoms with Crippen LogP contribution in [0.1, 0.15) is 51.4 Å². The fraction of sp³-hybridized carbons (Fsp3) is 0.636. The Balaban J connectivity index is 1.27. The molecule has 5 rings (SSSR count). The molecular formula is C22H30N2S. The molecule has 0 spiro atoms. The van der Waals surface area contributed by atoms with Gasteiger partial charge in [0, 0.05) is 40.9 Å². The van der Waals surface area contributed by atoms with Gasteiger partial charge in [0.1, 0.15) is 0 Å². The summed E-state index contributed by atoms with van der Waals surface area (Å²) in [6, 6.07) is 10.7. The molecule has 3 fully saturated rings. The Kier molecular flexibility index (Phi) is 4.47. The lowest BCUT2D eigenvalue weighted by Crippen LogP contribution is -2.65. The predicted molar refractivity (Wildman–Crippen MR) is 109 cm³/mol. The Morgan fingerprint density at radius 3 is 2.64 bits per heavy atom. The van der Waals surface area contributed by atoms with E-state index in [0.717, 1.165) is 18.0 Å². The van der Waals surface area contributed by atoms with Crippen molar-refractivity contribution in [1.29, 1.82) is 0 Å². The monoisotopic (exact) mass is 354 g/mol. The van der Waals surface area contributed by atoms with Gasteiger partial charge in [0.2, 0.25) is 0 Å². The highest BCUT2D eigenvalue weighted by atomic mass is 32.1. The summed E-state index contributed by atoms with van der Waals surface area (Å²) in [5, 5.41) is 3.71. The van der Waals surface area contributed by atoms with Crippen molar-refractivity contribution in [2.45, 2.75) is 63.5 Å². The molecule has 3 aliphatic rings. The van der Waals surface area contributed by atoms with E-state index in [2.05, 4.69) is 39.4 Å². The van der Waals surface area contributed by atoms with Crippen LogP contribution >= 0.6 is 11.3 Å². The quantitative estimate of drug-likeness (QED) is 0.713. The standard InChI is InChI=1S/C22H30N2S/c1-2-5-17(6-3-1)11-13-23-14-15-24(21-10-9-20(21)23)19-7-4-8-22-18(19)12-16-25-22/h4,7-8,12,16-17,20-21H,1-3,5-6,9-11,13-15H2. The van der Waals surface area contributed by atoms with Crippen molar-refractivity contribution < 1.29 is 0 Å². The maximum atomic E-state index is 2.84. The van der Waals surface area contributed by atoms with Crippen molar-refractivity contribution in [3.8, 4) is 0 Å². The highest BCUT2D eigenvalue weighted by Crippen LogP contribution is 2.40. The fourth-order valence-electron chi connectivity index (χ4n) is 5.45. The van der Waals surface area contributed by atoms with Crippen LogP contribution in [0.25, 0.3) is 10.1 Å². The van der Waals surface area contributed by atoms with E-state index in [-0.39, 0.29) is 0 Å². The number of thiophene rings is 1. The maximum Gasteiger partial charge on any atom is 0.0457 e. The molecule has 2 heterocycles. The molecule has 25 heavy (non-hydrogen) atoms. The van der Waals surface area contributed by atoms with E-state index in [1.807, 2.05) is 11.3 Å². The summed E-state index contributed by atoms with van der Waals surface area (Å²) in [6.45, 7) is 3.82. The Hall–Kier alpha value is -1.06. The van der Waals surface area contributed by atoms with E-state index in [0.29, 0.717) is 0 Å². The van der Waals surface area contributed by atoms with Crippen molar-refractivity contribution in [2.24, 2.45) is 5.92 Å². The molecule has 2 aliphatic carbocycles. The zero-order valence-corrected chi connectivity index (χ0v) is 16.0. The van der Waals surface area contributed by atoms with Gasteiger partial charge in [0.05, 0.1) is 0 Å². The Labute approximate surface area is 155 Å². The van der Waals surface area contributed by atoms with Crippen molar-refractivity contribution in [3.05, 3.63) is 29.6 Å². The second-order valence-corrected chi connectivity index (χ2v) is 9.29. The van der Waals surface area contributed by atoms with Crippen LogP contribution in [0, 0.1) is 5.92 Å². The summed E-state index contributed by atoms with van der Waals surface area (Å²) in [7, 11) is 0. The van der Waals surface area contributed by atoms with Crippen LogP contribution in [-0.2, 0) is 0 Å². The lowest BCUT2D eigenvalue weighted by Gasteiger charge is -2.55. The van der Waals surface area contributed by atoms with Crippen molar-refractivity contribution in [2.75, 3.05) is 24.5 Å². The van der Waals surface area contributed by atoms with Crippen LogP contribution in [0.5, 0.6) is 0 Å². The average molecular weight is 355 g/mol. The molecule has 2 nitrogen and oxygen atoms in total. The minimum Gasteiger partial charge on any atom is -0.365 e. The SMILES string of the molecule is c1cc(N2CCN(CCC3CCCCC3)C3CCC32)c2ccsc2c1. The summed E-state index contributed by atoms with van der Waals surface area (Å²) in [6.07, 6.45) is 11.7. The molecule has 1 aromatic heterocycles. The second kappa shape index (κ2) is 6.92. The van der Waals surface area contributed by atoms with Gasteiger partial charge >= 0.3 is 0 Å². The van der Waals surface area contributed by atoms with Gasteiger partial charge in [-0.2, -0.15) is 0 Å². The third-order valence-electron chi connectivity index (χ3n) is 7.03. The Morgan fingerprint density at radius 2 is 1.80 bits per heavy atom. The smallest absolute Gasteiger partial charge is 0.0457 e. The van der Waals surface area contributed by atoms with Crippen LogP contribution in [-0.4, -0.2) is 36.6 Å². The summed E-state index contributed by atoms with van der Waals surface area (Å²) in [5.74, 6) is 1.02. The van der Waals surface area contributed by atoms with Crippen LogP contribution in [0.2, 0.25) is 0 Å².